The molecule has 4 nitrogen and oxygen atoms in total. The van der Waals surface area contributed by atoms with Crippen LogP contribution in [0.15, 0.2) is 12.2 Å². The number of cyclic esters (lactones) is 1. The summed E-state index contributed by atoms with van der Waals surface area (Å²) in [6, 6.07) is 0. The summed E-state index contributed by atoms with van der Waals surface area (Å²) in [6.07, 6.45) is 3.42. The van der Waals surface area contributed by atoms with Crippen molar-refractivity contribution in [3.63, 3.8) is 0 Å². The Labute approximate surface area is 95.6 Å². The maximum absolute atomic E-state index is 11.5. The molecule has 0 amide bonds. The van der Waals surface area contributed by atoms with Crippen LogP contribution in [-0.2, 0) is 19.1 Å². The lowest BCUT2D eigenvalue weighted by Gasteiger charge is -2.07. The largest absolute Gasteiger partial charge is 0.466 e. The van der Waals surface area contributed by atoms with Crippen molar-refractivity contribution in [2.24, 2.45) is 5.92 Å². The lowest BCUT2D eigenvalue weighted by Crippen LogP contribution is -2.17. The van der Waals surface area contributed by atoms with E-state index in [4.69, 9.17) is 4.74 Å². The minimum atomic E-state index is -0.530. The van der Waals surface area contributed by atoms with E-state index < -0.39 is 11.9 Å². The molecule has 1 aliphatic heterocycles. The molecule has 0 bridgehead atoms. The number of rotatable bonds is 5. The molecule has 1 aliphatic rings. The van der Waals surface area contributed by atoms with Crippen LogP contribution in [0.2, 0.25) is 0 Å². The topological polar surface area (TPSA) is 52.6 Å². The molecular formula is C12H18O4. The Morgan fingerprint density at radius 2 is 2.31 bits per heavy atom. The number of carbonyl (C=O) groups excluding carboxylic acids is 2. The fourth-order valence-corrected chi connectivity index (χ4v) is 1.82. The predicted molar refractivity (Wildman–Crippen MR) is 58.7 cm³/mol. The third kappa shape index (κ3) is 2.84. The molecule has 0 N–H and O–H groups in total. The highest BCUT2D eigenvalue weighted by Gasteiger charge is 2.38. The Morgan fingerprint density at radius 1 is 1.62 bits per heavy atom. The van der Waals surface area contributed by atoms with Crippen LogP contribution >= 0.6 is 0 Å². The van der Waals surface area contributed by atoms with Crippen LogP contribution in [0.1, 0.15) is 32.6 Å². The molecular weight excluding hydrogens is 208 g/mol. The summed E-state index contributed by atoms with van der Waals surface area (Å²) in [5.41, 5.74) is 0.200. The van der Waals surface area contributed by atoms with Crippen LogP contribution in [0.4, 0.5) is 0 Å². The molecule has 90 valence electrons. The van der Waals surface area contributed by atoms with E-state index >= 15 is 0 Å². The first-order valence-corrected chi connectivity index (χ1v) is 5.57. The second-order valence-corrected chi connectivity index (χ2v) is 4.01. The number of ether oxygens (including phenoxy) is 2. The van der Waals surface area contributed by atoms with Crippen molar-refractivity contribution in [2.75, 3.05) is 7.11 Å². The summed E-state index contributed by atoms with van der Waals surface area (Å²) in [5.74, 6) is -1.40. The van der Waals surface area contributed by atoms with E-state index in [1.807, 2.05) is 0 Å². The molecule has 0 saturated carbocycles. The first-order chi connectivity index (χ1) is 7.60. The van der Waals surface area contributed by atoms with Gasteiger partial charge < -0.3 is 9.47 Å². The van der Waals surface area contributed by atoms with Gasteiger partial charge in [-0.2, -0.15) is 0 Å². The van der Waals surface area contributed by atoms with Crippen LogP contribution in [0.3, 0.4) is 0 Å². The minimum Gasteiger partial charge on any atom is -0.466 e. The van der Waals surface area contributed by atoms with E-state index in [0.717, 1.165) is 19.3 Å². The molecule has 1 fully saturated rings. The Balaban J connectivity index is 2.54. The number of esters is 2. The van der Waals surface area contributed by atoms with Crippen molar-refractivity contribution in [1.29, 1.82) is 0 Å². The Morgan fingerprint density at radius 3 is 2.88 bits per heavy atom. The molecule has 1 heterocycles. The van der Waals surface area contributed by atoms with Gasteiger partial charge in [-0.15, -0.1) is 0 Å². The van der Waals surface area contributed by atoms with E-state index in [2.05, 4.69) is 18.2 Å². The summed E-state index contributed by atoms with van der Waals surface area (Å²) in [5, 5.41) is 0. The monoisotopic (exact) mass is 226 g/mol. The van der Waals surface area contributed by atoms with Gasteiger partial charge in [-0.05, 0) is 6.42 Å². The normalized spacial score (nSPS) is 24.0. The smallest absolute Gasteiger partial charge is 0.334 e. The summed E-state index contributed by atoms with van der Waals surface area (Å²) in [6.45, 7) is 5.68. The SMILES string of the molecule is C=C(C(=O)OC)[C@H]1C[C@H](CCCC)OC1=O. The molecule has 1 saturated heterocycles. The zero-order chi connectivity index (χ0) is 12.1. The van der Waals surface area contributed by atoms with Crippen LogP contribution in [0.5, 0.6) is 0 Å². The van der Waals surface area contributed by atoms with Crippen molar-refractivity contribution < 1.29 is 19.1 Å². The molecule has 4 heteroatoms. The second-order valence-electron chi connectivity index (χ2n) is 4.01. The van der Waals surface area contributed by atoms with Gasteiger partial charge in [0, 0.05) is 12.0 Å². The molecule has 0 unspecified atom stereocenters. The van der Waals surface area contributed by atoms with Gasteiger partial charge in [0.1, 0.15) is 6.10 Å². The van der Waals surface area contributed by atoms with Gasteiger partial charge in [0.25, 0.3) is 0 Å². The van der Waals surface area contributed by atoms with Crippen LogP contribution < -0.4 is 0 Å². The fraction of sp³-hybridized carbons (Fsp3) is 0.667. The van der Waals surface area contributed by atoms with Crippen LogP contribution in [-0.4, -0.2) is 25.2 Å². The lowest BCUT2D eigenvalue weighted by molar-refractivity contribution is -0.146. The van der Waals surface area contributed by atoms with E-state index in [-0.39, 0.29) is 17.6 Å². The molecule has 0 aliphatic carbocycles. The van der Waals surface area contributed by atoms with Gasteiger partial charge in [0.2, 0.25) is 0 Å². The van der Waals surface area contributed by atoms with E-state index in [1.165, 1.54) is 7.11 Å². The van der Waals surface area contributed by atoms with Gasteiger partial charge in [-0.3, -0.25) is 4.79 Å². The summed E-state index contributed by atoms with van der Waals surface area (Å²) in [4.78, 5) is 22.8. The van der Waals surface area contributed by atoms with Crippen molar-refractivity contribution in [3.05, 3.63) is 12.2 Å². The third-order valence-corrected chi connectivity index (χ3v) is 2.81. The van der Waals surface area contributed by atoms with Gasteiger partial charge in [0.15, 0.2) is 0 Å². The van der Waals surface area contributed by atoms with Crippen molar-refractivity contribution in [2.45, 2.75) is 38.7 Å². The fourth-order valence-electron chi connectivity index (χ4n) is 1.82. The standard InChI is InChI=1S/C12H18O4/c1-4-5-6-9-7-10(12(14)16-9)8(2)11(13)15-3/h9-10H,2,4-7H2,1,3H3/t9-,10+/m0/s1. The van der Waals surface area contributed by atoms with Gasteiger partial charge in [-0.1, -0.05) is 26.3 Å². The lowest BCUT2D eigenvalue weighted by atomic mass is 9.95. The van der Waals surface area contributed by atoms with Crippen molar-refractivity contribution in [1.82, 2.24) is 0 Å². The molecule has 0 radical (unpaired) electrons. The maximum atomic E-state index is 11.5. The average Bonchev–Trinajstić information content (AvgIpc) is 2.65. The summed E-state index contributed by atoms with van der Waals surface area (Å²) >= 11 is 0. The molecule has 2 atom stereocenters. The Kier molecular flexibility index (Phi) is 4.52. The molecule has 1 rings (SSSR count). The Bertz CT molecular complexity index is 295. The highest BCUT2D eigenvalue weighted by molar-refractivity contribution is 5.95. The predicted octanol–water partition coefficient (Wildman–Crippen LogP) is 1.84. The molecule has 0 aromatic carbocycles. The molecule has 16 heavy (non-hydrogen) atoms. The van der Waals surface area contributed by atoms with Gasteiger partial charge >= 0.3 is 11.9 Å². The van der Waals surface area contributed by atoms with Gasteiger partial charge in [-0.25, -0.2) is 4.79 Å². The minimum absolute atomic E-state index is 0.0705. The number of hydrogen-bond donors (Lipinski definition) is 0. The number of unbranched alkanes of at least 4 members (excludes halogenated alkanes) is 1. The van der Waals surface area contributed by atoms with Crippen molar-refractivity contribution >= 4 is 11.9 Å². The number of methoxy groups -OCH3 is 1. The first kappa shape index (κ1) is 12.7. The zero-order valence-electron chi connectivity index (χ0n) is 9.82. The van der Waals surface area contributed by atoms with E-state index in [1.54, 1.807) is 0 Å². The highest BCUT2D eigenvalue weighted by atomic mass is 16.6. The highest BCUT2D eigenvalue weighted by Crippen LogP contribution is 2.29. The quantitative estimate of drug-likeness (QED) is 0.530. The molecule has 0 spiro atoms. The third-order valence-electron chi connectivity index (χ3n) is 2.81. The molecule has 0 aromatic rings. The Hall–Kier alpha value is -1.32. The average molecular weight is 226 g/mol. The van der Waals surface area contributed by atoms with Crippen LogP contribution in [0.25, 0.3) is 0 Å². The summed E-state index contributed by atoms with van der Waals surface area (Å²) < 4.78 is 9.73. The van der Waals surface area contributed by atoms with E-state index in [0.29, 0.717) is 6.42 Å². The van der Waals surface area contributed by atoms with Gasteiger partial charge in [0.05, 0.1) is 13.0 Å². The second kappa shape index (κ2) is 5.68. The van der Waals surface area contributed by atoms with Crippen LogP contribution in [0, 0.1) is 5.92 Å². The number of hydrogen-bond acceptors (Lipinski definition) is 4. The first-order valence-electron chi connectivity index (χ1n) is 5.57. The maximum Gasteiger partial charge on any atom is 0.334 e. The zero-order valence-corrected chi connectivity index (χ0v) is 9.82. The number of carbonyl (C=O) groups is 2. The summed E-state index contributed by atoms with van der Waals surface area (Å²) in [7, 11) is 1.28. The molecule has 0 aromatic heterocycles. The van der Waals surface area contributed by atoms with E-state index in [9.17, 15) is 9.59 Å². The van der Waals surface area contributed by atoms with Crippen molar-refractivity contribution in [3.8, 4) is 0 Å².